The standard InChI is InChI=1S/C21H24N2O4/c1-4-26-18-10-9-15(14(2)24)11-16(18)12-23-13-20(21(25)22-3)27-19-8-6-5-7-17(19)23/h5-11,20H,4,12-13H2,1-3H3,(H,22,25)/t20-/m1/s1. The van der Waals surface area contributed by atoms with Crippen LogP contribution in [0.15, 0.2) is 42.5 Å². The molecule has 2 aromatic rings. The molecule has 0 saturated carbocycles. The fourth-order valence-corrected chi connectivity index (χ4v) is 3.18. The Morgan fingerprint density at radius 2 is 2.04 bits per heavy atom. The summed E-state index contributed by atoms with van der Waals surface area (Å²) in [6.07, 6.45) is -0.601. The van der Waals surface area contributed by atoms with E-state index in [1.54, 1.807) is 20.0 Å². The third-order valence-corrected chi connectivity index (χ3v) is 4.53. The highest BCUT2D eigenvalue weighted by molar-refractivity contribution is 5.94. The molecule has 1 aliphatic heterocycles. The van der Waals surface area contributed by atoms with E-state index in [9.17, 15) is 9.59 Å². The van der Waals surface area contributed by atoms with Crippen LogP contribution in [0.4, 0.5) is 5.69 Å². The van der Waals surface area contributed by atoms with Crippen LogP contribution in [-0.4, -0.2) is 38.0 Å². The van der Waals surface area contributed by atoms with E-state index in [4.69, 9.17) is 9.47 Å². The zero-order chi connectivity index (χ0) is 19.4. The van der Waals surface area contributed by atoms with Crippen LogP contribution in [0.25, 0.3) is 0 Å². The number of amides is 1. The number of likely N-dealkylation sites (N-methyl/N-ethyl adjacent to an activating group) is 1. The van der Waals surface area contributed by atoms with Gasteiger partial charge in [0.05, 0.1) is 18.8 Å². The van der Waals surface area contributed by atoms with Crippen molar-refractivity contribution in [3.8, 4) is 11.5 Å². The number of ketones is 1. The van der Waals surface area contributed by atoms with Gasteiger partial charge in [0.25, 0.3) is 5.91 Å². The molecule has 1 amide bonds. The maximum Gasteiger partial charge on any atom is 0.262 e. The zero-order valence-electron chi connectivity index (χ0n) is 15.8. The van der Waals surface area contributed by atoms with Crippen molar-refractivity contribution in [1.29, 1.82) is 0 Å². The summed E-state index contributed by atoms with van der Waals surface area (Å²) < 4.78 is 11.6. The molecular weight excluding hydrogens is 344 g/mol. The van der Waals surface area contributed by atoms with E-state index in [1.165, 1.54) is 0 Å². The first-order valence-electron chi connectivity index (χ1n) is 9.02. The molecule has 6 heteroatoms. The Hall–Kier alpha value is -3.02. The number of carbonyl (C=O) groups excluding carboxylic acids is 2. The molecule has 1 atom stereocenters. The summed E-state index contributed by atoms with van der Waals surface area (Å²) in [5.41, 5.74) is 2.45. The van der Waals surface area contributed by atoms with Gasteiger partial charge in [0.15, 0.2) is 11.9 Å². The molecule has 1 N–H and O–H groups in total. The monoisotopic (exact) mass is 368 g/mol. The lowest BCUT2D eigenvalue weighted by molar-refractivity contribution is -0.127. The highest BCUT2D eigenvalue weighted by atomic mass is 16.5. The van der Waals surface area contributed by atoms with Gasteiger partial charge < -0.3 is 19.7 Å². The minimum absolute atomic E-state index is 0.00455. The molecule has 27 heavy (non-hydrogen) atoms. The molecular formula is C21H24N2O4. The molecule has 3 rings (SSSR count). The normalized spacial score (nSPS) is 15.5. The Labute approximate surface area is 159 Å². The Morgan fingerprint density at radius 1 is 1.26 bits per heavy atom. The van der Waals surface area contributed by atoms with Gasteiger partial charge in [0, 0.05) is 24.7 Å². The number of benzene rings is 2. The number of rotatable bonds is 6. The van der Waals surface area contributed by atoms with Gasteiger partial charge in [-0.05, 0) is 44.2 Å². The third kappa shape index (κ3) is 4.05. The highest BCUT2D eigenvalue weighted by Crippen LogP contribution is 2.35. The number of anilines is 1. The predicted octanol–water partition coefficient (Wildman–Crippen LogP) is 2.80. The predicted molar refractivity (Wildman–Crippen MR) is 104 cm³/mol. The van der Waals surface area contributed by atoms with Gasteiger partial charge in [-0.25, -0.2) is 0 Å². The van der Waals surface area contributed by atoms with E-state index < -0.39 is 6.10 Å². The Morgan fingerprint density at radius 3 is 2.74 bits per heavy atom. The fraction of sp³-hybridized carbons (Fsp3) is 0.333. The van der Waals surface area contributed by atoms with Crippen molar-refractivity contribution in [3.05, 3.63) is 53.6 Å². The molecule has 0 aliphatic carbocycles. The summed E-state index contributed by atoms with van der Waals surface area (Å²) in [6, 6.07) is 13.1. The number of fused-ring (bicyclic) bond motifs is 1. The average molecular weight is 368 g/mol. The quantitative estimate of drug-likeness (QED) is 0.794. The summed E-state index contributed by atoms with van der Waals surface area (Å²) in [6.45, 7) is 4.92. The van der Waals surface area contributed by atoms with Gasteiger partial charge in [-0.3, -0.25) is 9.59 Å². The molecule has 6 nitrogen and oxygen atoms in total. The van der Waals surface area contributed by atoms with Crippen LogP contribution in [-0.2, 0) is 11.3 Å². The Balaban J connectivity index is 1.97. The van der Waals surface area contributed by atoms with E-state index in [1.807, 2.05) is 43.3 Å². The van der Waals surface area contributed by atoms with Gasteiger partial charge >= 0.3 is 0 Å². The average Bonchev–Trinajstić information content (AvgIpc) is 2.68. The van der Waals surface area contributed by atoms with Crippen LogP contribution in [0, 0.1) is 0 Å². The second-order valence-corrected chi connectivity index (χ2v) is 6.38. The third-order valence-electron chi connectivity index (χ3n) is 4.53. The van der Waals surface area contributed by atoms with Crippen molar-refractivity contribution in [3.63, 3.8) is 0 Å². The number of ether oxygens (including phenoxy) is 2. The molecule has 0 unspecified atom stereocenters. The first-order valence-corrected chi connectivity index (χ1v) is 9.02. The number of nitrogens with one attached hydrogen (secondary N) is 1. The minimum atomic E-state index is -0.601. The zero-order valence-corrected chi connectivity index (χ0v) is 15.8. The van der Waals surface area contributed by atoms with E-state index >= 15 is 0 Å². The largest absolute Gasteiger partial charge is 0.494 e. The molecule has 1 aliphatic rings. The van der Waals surface area contributed by atoms with Crippen molar-refractivity contribution in [2.75, 3.05) is 25.1 Å². The second kappa shape index (κ2) is 8.12. The number of hydrogen-bond donors (Lipinski definition) is 1. The van der Waals surface area contributed by atoms with Crippen LogP contribution in [0.1, 0.15) is 29.8 Å². The number of nitrogens with zero attached hydrogens (tertiary/aromatic N) is 1. The number of para-hydroxylation sites is 2. The maximum absolute atomic E-state index is 12.2. The summed E-state index contributed by atoms with van der Waals surface area (Å²) >= 11 is 0. The lowest BCUT2D eigenvalue weighted by atomic mass is 10.0. The fourth-order valence-electron chi connectivity index (χ4n) is 3.18. The molecule has 0 bridgehead atoms. The number of Topliss-reactive ketones (excluding diaryl/α,β-unsaturated/α-hetero) is 1. The Kier molecular flexibility index (Phi) is 5.64. The van der Waals surface area contributed by atoms with Crippen molar-refractivity contribution in [2.45, 2.75) is 26.5 Å². The molecule has 0 radical (unpaired) electrons. The molecule has 0 fully saturated rings. The van der Waals surface area contributed by atoms with Crippen LogP contribution in [0.3, 0.4) is 0 Å². The van der Waals surface area contributed by atoms with Gasteiger partial charge in [0.1, 0.15) is 11.5 Å². The second-order valence-electron chi connectivity index (χ2n) is 6.38. The van der Waals surface area contributed by atoms with Crippen LogP contribution >= 0.6 is 0 Å². The topological polar surface area (TPSA) is 67.9 Å². The lowest BCUT2D eigenvalue weighted by Gasteiger charge is -2.35. The molecule has 0 saturated heterocycles. The first-order chi connectivity index (χ1) is 13.0. The van der Waals surface area contributed by atoms with Gasteiger partial charge in [-0.1, -0.05) is 12.1 Å². The summed E-state index contributed by atoms with van der Waals surface area (Å²) in [5, 5.41) is 2.65. The van der Waals surface area contributed by atoms with Crippen LogP contribution < -0.4 is 19.7 Å². The van der Waals surface area contributed by atoms with E-state index in [0.717, 1.165) is 17.0 Å². The summed E-state index contributed by atoms with van der Waals surface area (Å²) in [5.74, 6) is 1.24. The van der Waals surface area contributed by atoms with Crippen molar-refractivity contribution < 1.29 is 19.1 Å². The summed E-state index contributed by atoms with van der Waals surface area (Å²) in [7, 11) is 1.60. The minimum Gasteiger partial charge on any atom is -0.494 e. The highest BCUT2D eigenvalue weighted by Gasteiger charge is 2.30. The molecule has 2 aromatic carbocycles. The van der Waals surface area contributed by atoms with E-state index in [2.05, 4.69) is 10.2 Å². The summed E-state index contributed by atoms with van der Waals surface area (Å²) in [4.78, 5) is 26.0. The maximum atomic E-state index is 12.2. The Bertz CT molecular complexity index is 850. The van der Waals surface area contributed by atoms with Gasteiger partial charge in [-0.2, -0.15) is 0 Å². The van der Waals surface area contributed by atoms with Crippen LogP contribution in [0.5, 0.6) is 11.5 Å². The van der Waals surface area contributed by atoms with Crippen LogP contribution in [0.2, 0.25) is 0 Å². The number of carbonyl (C=O) groups is 2. The van der Waals surface area contributed by atoms with Gasteiger partial charge in [-0.15, -0.1) is 0 Å². The molecule has 0 spiro atoms. The van der Waals surface area contributed by atoms with Crippen molar-refractivity contribution in [2.24, 2.45) is 0 Å². The SMILES string of the molecule is CCOc1ccc(C(C)=O)cc1CN1C[C@H](C(=O)NC)Oc2ccccc21. The van der Waals surface area contributed by atoms with E-state index in [0.29, 0.717) is 31.0 Å². The molecule has 0 aromatic heterocycles. The number of hydrogen-bond acceptors (Lipinski definition) is 5. The molecule has 142 valence electrons. The van der Waals surface area contributed by atoms with Gasteiger partial charge in [0.2, 0.25) is 0 Å². The van der Waals surface area contributed by atoms with Crippen molar-refractivity contribution in [1.82, 2.24) is 5.32 Å². The van der Waals surface area contributed by atoms with Crippen molar-refractivity contribution >= 4 is 17.4 Å². The smallest absolute Gasteiger partial charge is 0.262 e. The lowest BCUT2D eigenvalue weighted by Crippen LogP contribution is -2.48. The first kappa shape index (κ1) is 18.8. The van der Waals surface area contributed by atoms with E-state index in [-0.39, 0.29) is 11.7 Å². The molecule has 1 heterocycles.